The minimum absolute atomic E-state index is 0.0570. The lowest BCUT2D eigenvalue weighted by Crippen LogP contribution is -2.32. The Bertz CT molecular complexity index is 1460. The van der Waals surface area contributed by atoms with E-state index in [1.165, 1.54) is 4.90 Å². The summed E-state index contributed by atoms with van der Waals surface area (Å²) in [5, 5.41) is 0.959. The zero-order chi connectivity index (χ0) is 22.8. The first kappa shape index (κ1) is 19.4. The maximum atomic E-state index is 13.2. The first-order chi connectivity index (χ1) is 16.7. The number of carbonyl (C=O) groups excluding carboxylic acids is 2. The van der Waals surface area contributed by atoms with E-state index in [0.29, 0.717) is 11.5 Å². The molecule has 0 radical (unpaired) electrons. The molecule has 2 aliphatic carbocycles. The number of allylic oxidation sites excluding steroid dienone is 2. The largest absolute Gasteiger partial charge is 0.274 e. The van der Waals surface area contributed by atoms with E-state index in [-0.39, 0.29) is 35.5 Å². The van der Waals surface area contributed by atoms with Gasteiger partial charge in [0.2, 0.25) is 11.8 Å². The van der Waals surface area contributed by atoms with Crippen LogP contribution in [0.5, 0.6) is 0 Å². The Hall–Kier alpha value is -4.12. The lowest BCUT2D eigenvalue weighted by atomic mass is 9.85. The number of hydrogen-bond acceptors (Lipinski definition) is 4. The summed E-state index contributed by atoms with van der Waals surface area (Å²) in [6, 6.07) is 25.5. The highest BCUT2D eigenvalue weighted by molar-refractivity contribution is 6.22. The molecule has 0 spiro atoms. The summed E-state index contributed by atoms with van der Waals surface area (Å²) < 4.78 is 0. The zero-order valence-corrected chi connectivity index (χ0v) is 18.3. The second kappa shape index (κ2) is 7.19. The average molecular weight is 444 g/mol. The van der Waals surface area contributed by atoms with Gasteiger partial charge in [0, 0.05) is 16.5 Å². The zero-order valence-electron chi connectivity index (χ0n) is 18.3. The Labute approximate surface area is 196 Å². The van der Waals surface area contributed by atoms with Crippen LogP contribution in [0.4, 0.5) is 5.69 Å². The molecule has 0 N–H and O–H groups in total. The van der Waals surface area contributed by atoms with Gasteiger partial charge in [-0.05, 0) is 36.5 Å². The molecule has 2 bridgehead atoms. The second-order valence-electron chi connectivity index (χ2n) is 9.34. The maximum Gasteiger partial charge on any atom is 0.238 e. The van der Waals surface area contributed by atoms with Gasteiger partial charge in [0.05, 0.1) is 28.7 Å². The molecule has 4 atom stereocenters. The van der Waals surface area contributed by atoms with Crippen LogP contribution in [-0.2, 0) is 9.59 Å². The molecule has 5 heteroatoms. The number of anilines is 1. The predicted molar refractivity (Wildman–Crippen MR) is 131 cm³/mol. The summed E-state index contributed by atoms with van der Waals surface area (Å²) in [5.41, 5.74) is 4.20. The standard InChI is InChI=1S/C29H21N3O2/c33-28-24-19-10-11-20(16-19)25(24)29(34)32(28)21-14-12-17(13-15-21)26-22-8-4-5-9-23(22)30-27(31-26)18-6-2-1-3-7-18/h1-15,19-20,24-25H,16H2/t19-,20-,24-,25-/m0/s1. The Morgan fingerprint density at radius 3 is 2.03 bits per heavy atom. The van der Waals surface area contributed by atoms with Crippen LogP contribution in [0.3, 0.4) is 0 Å². The van der Waals surface area contributed by atoms with Crippen molar-refractivity contribution in [1.29, 1.82) is 0 Å². The van der Waals surface area contributed by atoms with E-state index >= 15 is 0 Å². The van der Waals surface area contributed by atoms with Gasteiger partial charge in [0.15, 0.2) is 5.82 Å². The molecule has 1 saturated carbocycles. The van der Waals surface area contributed by atoms with Crippen molar-refractivity contribution in [3.63, 3.8) is 0 Å². The molecule has 1 aromatic heterocycles. The molecule has 1 aliphatic heterocycles. The molecule has 164 valence electrons. The summed E-state index contributed by atoms with van der Waals surface area (Å²) >= 11 is 0. The van der Waals surface area contributed by atoms with Gasteiger partial charge >= 0.3 is 0 Å². The molecule has 5 nitrogen and oxygen atoms in total. The third-order valence-electron chi connectivity index (χ3n) is 7.50. The van der Waals surface area contributed by atoms with Gasteiger partial charge in [-0.3, -0.25) is 14.5 Å². The molecule has 34 heavy (non-hydrogen) atoms. The summed E-state index contributed by atoms with van der Waals surface area (Å²) in [6.45, 7) is 0. The highest BCUT2D eigenvalue weighted by Gasteiger charge is 2.59. The van der Waals surface area contributed by atoms with Crippen LogP contribution in [-0.4, -0.2) is 21.8 Å². The molecular formula is C29H21N3O2. The monoisotopic (exact) mass is 443 g/mol. The van der Waals surface area contributed by atoms with Crippen molar-refractivity contribution >= 4 is 28.4 Å². The summed E-state index contributed by atoms with van der Waals surface area (Å²) in [4.78, 5) is 37.4. The fourth-order valence-corrected chi connectivity index (χ4v) is 5.94. The number of nitrogens with zero attached hydrogens (tertiary/aromatic N) is 3. The number of fused-ring (bicyclic) bond motifs is 6. The van der Waals surface area contributed by atoms with Crippen LogP contribution in [0.1, 0.15) is 6.42 Å². The SMILES string of the molecule is O=C1[C@@H]2[C@@H](C(=O)N1c1ccc(-c3nc(-c4ccccc4)nc4ccccc34)cc1)[C@H]1C=C[C@H]2C1. The van der Waals surface area contributed by atoms with E-state index in [4.69, 9.17) is 9.97 Å². The third-order valence-corrected chi connectivity index (χ3v) is 7.50. The van der Waals surface area contributed by atoms with Crippen LogP contribution in [0, 0.1) is 23.7 Å². The van der Waals surface area contributed by atoms with Gasteiger partial charge in [-0.15, -0.1) is 0 Å². The normalized spacial score (nSPS) is 24.9. The third kappa shape index (κ3) is 2.73. The van der Waals surface area contributed by atoms with Crippen molar-refractivity contribution in [2.24, 2.45) is 23.7 Å². The van der Waals surface area contributed by atoms with Crippen molar-refractivity contribution < 1.29 is 9.59 Å². The first-order valence-corrected chi connectivity index (χ1v) is 11.7. The Balaban J connectivity index is 1.28. The number of amides is 2. The molecule has 0 unspecified atom stereocenters. The number of rotatable bonds is 3. The van der Waals surface area contributed by atoms with Crippen molar-refractivity contribution in [1.82, 2.24) is 9.97 Å². The molecule has 4 aromatic rings. The minimum Gasteiger partial charge on any atom is -0.274 e. The van der Waals surface area contributed by atoms with Gasteiger partial charge in [-0.25, -0.2) is 9.97 Å². The molecule has 7 rings (SSSR count). The fraction of sp³-hybridized carbons (Fsp3) is 0.172. The number of imide groups is 1. The second-order valence-corrected chi connectivity index (χ2v) is 9.34. The van der Waals surface area contributed by atoms with Gasteiger partial charge in [-0.2, -0.15) is 0 Å². The molecule has 1 saturated heterocycles. The van der Waals surface area contributed by atoms with Crippen LogP contribution >= 0.6 is 0 Å². The topological polar surface area (TPSA) is 63.2 Å². The highest BCUT2D eigenvalue weighted by atomic mass is 16.2. The summed E-state index contributed by atoms with van der Waals surface area (Å²) in [5.74, 6) is 0.581. The van der Waals surface area contributed by atoms with Crippen molar-refractivity contribution in [2.45, 2.75) is 6.42 Å². The van der Waals surface area contributed by atoms with Crippen molar-refractivity contribution in [3.8, 4) is 22.6 Å². The minimum atomic E-state index is -0.193. The molecule has 3 aliphatic rings. The lowest BCUT2D eigenvalue weighted by molar-refractivity contribution is -0.123. The van der Waals surface area contributed by atoms with E-state index in [1.54, 1.807) is 0 Å². The van der Waals surface area contributed by atoms with E-state index < -0.39 is 0 Å². The molecule has 2 fully saturated rings. The van der Waals surface area contributed by atoms with E-state index in [1.807, 2.05) is 78.9 Å². The maximum absolute atomic E-state index is 13.2. The van der Waals surface area contributed by atoms with Crippen LogP contribution in [0.25, 0.3) is 33.5 Å². The molecule has 2 amide bonds. The summed E-state index contributed by atoms with van der Waals surface area (Å²) in [6.07, 6.45) is 5.17. The van der Waals surface area contributed by atoms with E-state index in [0.717, 1.165) is 34.1 Å². The van der Waals surface area contributed by atoms with Crippen LogP contribution in [0.2, 0.25) is 0 Å². The van der Waals surface area contributed by atoms with Gasteiger partial charge < -0.3 is 0 Å². The number of hydrogen-bond donors (Lipinski definition) is 0. The fourth-order valence-electron chi connectivity index (χ4n) is 5.94. The van der Waals surface area contributed by atoms with Gasteiger partial charge in [0.1, 0.15) is 0 Å². The summed E-state index contributed by atoms with van der Waals surface area (Å²) in [7, 11) is 0. The Morgan fingerprint density at radius 1 is 0.676 bits per heavy atom. The van der Waals surface area contributed by atoms with Gasteiger partial charge in [0.25, 0.3) is 0 Å². The lowest BCUT2D eigenvalue weighted by Gasteiger charge is -2.18. The number of para-hydroxylation sites is 1. The first-order valence-electron chi connectivity index (χ1n) is 11.7. The number of aromatic nitrogens is 2. The van der Waals surface area contributed by atoms with Crippen LogP contribution in [0.15, 0.2) is 91.0 Å². The highest BCUT2D eigenvalue weighted by Crippen LogP contribution is 2.53. The molecular weight excluding hydrogens is 422 g/mol. The van der Waals surface area contributed by atoms with E-state index in [2.05, 4.69) is 12.2 Å². The smallest absolute Gasteiger partial charge is 0.238 e. The Morgan fingerprint density at radius 2 is 1.32 bits per heavy atom. The average Bonchev–Trinajstić information content (AvgIpc) is 3.58. The van der Waals surface area contributed by atoms with Crippen LogP contribution < -0.4 is 4.90 Å². The Kier molecular flexibility index (Phi) is 4.09. The predicted octanol–water partition coefficient (Wildman–Crippen LogP) is 5.28. The number of carbonyl (C=O) groups is 2. The molecule has 2 heterocycles. The van der Waals surface area contributed by atoms with E-state index in [9.17, 15) is 9.59 Å². The van der Waals surface area contributed by atoms with Crippen molar-refractivity contribution in [3.05, 3.63) is 91.0 Å². The quantitative estimate of drug-likeness (QED) is 0.319. The molecule has 3 aromatic carbocycles. The number of benzene rings is 3. The van der Waals surface area contributed by atoms with Gasteiger partial charge in [-0.1, -0.05) is 72.8 Å². The van der Waals surface area contributed by atoms with Crippen molar-refractivity contribution in [2.75, 3.05) is 4.90 Å².